The summed E-state index contributed by atoms with van der Waals surface area (Å²) in [5, 5.41) is 1.08. The van der Waals surface area contributed by atoms with E-state index in [0.717, 1.165) is 24.1 Å². The average molecular weight is 308 g/mol. The monoisotopic (exact) mass is 308 g/mol. The maximum atomic E-state index is 11.3. The number of rotatable bonds is 3. The van der Waals surface area contributed by atoms with Crippen LogP contribution in [0.2, 0.25) is 0 Å². The third-order valence-corrected chi connectivity index (χ3v) is 5.88. The second-order valence-corrected chi connectivity index (χ2v) is 7.08. The van der Waals surface area contributed by atoms with Gasteiger partial charge in [0.25, 0.3) is 5.91 Å². The molecule has 6 heteroatoms. The molecule has 3 heterocycles. The molecular formula is C15H24N4OS. The Hall–Kier alpha value is -1.27. The molecule has 0 radical (unpaired) electrons. The van der Waals surface area contributed by atoms with Crippen molar-refractivity contribution in [3.8, 4) is 0 Å². The van der Waals surface area contributed by atoms with Gasteiger partial charge >= 0.3 is 0 Å². The number of carbonyl (C=O) groups is 1. The zero-order valence-corrected chi connectivity index (χ0v) is 13.2. The summed E-state index contributed by atoms with van der Waals surface area (Å²) in [6, 6.07) is 2.63. The average Bonchev–Trinajstić information content (AvgIpc) is 2.90. The molecule has 2 saturated heterocycles. The Bertz CT molecular complexity index is 502. The van der Waals surface area contributed by atoms with E-state index in [9.17, 15) is 4.79 Å². The first kappa shape index (κ1) is 14.7. The van der Waals surface area contributed by atoms with E-state index >= 15 is 0 Å². The Morgan fingerprint density at radius 2 is 1.81 bits per heavy atom. The summed E-state index contributed by atoms with van der Waals surface area (Å²) in [5.41, 5.74) is 11.7. The van der Waals surface area contributed by atoms with Crippen molar-refractivity contribution in [1.29, 1.82) is 0 Å². The van der Waals surface area contributed by atoms with Crippen LogP contribution in [-0.4, -0.2) is 43.0 Å². The number of nitrogens with two attached hydrogens (primary N) is 2. The van der Waals surface area contributed by atoms with Gasteiger partial charge < -0.3 is 21.3 Å². The zero-order chi connectivity index (χ0) is 14.8. The van der Waals surface area contributed by atoms with Crippen molar-refractivity contribution in [3.05, 3.63) is 10.9 Å². The van der Waals surface area contributed by atoms with Gasteiger partial charge in [0.05, 0.1) is 10.7 Å². The van der Waals surface area contributed by atoms with Crippen LogP contribution in [0.15, 0.2) is 6.07 Å². The van der Waals surface area contributed by atoms with Crippen LogP contribution in [0.25, 0.3) is 0 Å². The number of hydrogen-bond donors (Lipinski definition) is 2. The second-order valence-electron chi connectivity index (χ2n) is 6.05. The molecule has 5 nitrogen and oxygen atoms in total. The van der Waals surface area contributed by atoms with Gasteiger partial charge in [0.15, 0.2) is 0 Å². The summed E-state index contributed by atoms with van der Waals surface area (Å²) in [6.07, 6.45) is 6.49. The molecule has 3 rings (SSSR count). The van der Waals surface area contributed by atoms with Crippen LogP contribution in [0.3, 0.4) is 0 Å². The van der Waals surface area contributed by atoms with Crippen molar-refractivity contribution >= 4 is 27.9 Å². The fourth-order valence-corrected chi connectivity index (χ4v) is 4.46. The fourth-order valence-electron chi connectivity index (χ4n) is 3.47. The van der Waals surface area contributed by atoms with Crippen molar-refractivity contribution in [2.75, 3.05) is 36.8 Å². The molecule has 116 valence electrons. The van der Waals surface area contributed by atoms with Gasteiger partial charge in [-0.05, 0) is 44.8 Å². The Morgan fingerprint density at radius 1 is 1.14 bits per heavy atom. The van der Waals surface area contributed by atoms with E-state index in [4.69, 9.17) is 11.5 Å². The number of nitrogen functional groups attached to an aromatic ring is 1. The quantitative estimate of drug-likeness (QED) is 0.894. The first-order valence-electron chi connectivity index (χ1n) is 7.83. The largest absolute Gasteiger partial charge is 0.397 e. The number of amides is 1. The predicted octanol–water partition coefficient (Wildman–Crippen LogP) is 1.88. The fraction of sp³-hybridized carbons (Fsp3) is 0.667. The molecule has 0 aromatic carbocycles. The summed E-state index contributed by atoms with van der Waals surface area (Å²) in [4.78, 5) is 16.8. The lowest BCUT2D eigenvalue weighted by Gasteiger charge is -2.40. The summed E-state index contributed by atoms with van der Waals surface area (Å²) in [5.74, 6) is -0.424. The van der Waals surface area contributed by atoms with Gasteiger partial charge in [0.2, 0.25) is 0 Å². The van der Waals surface area contributed by atoms with Crippen LogP contribution in [0.4, 0.5) is 10.7 Å². The molecule has 2 aliphatic rings. The van der Waals surface area contributed by atoms with Crippen molar-refractivity contribution in [2.45, 2.75) is 38.1 Å². The Morgan fingerprint density at radius 3 is 2.38 bits per heavy atom. The third kappa shape index (κ3) is 3.16. The van der Waals surface area contributed by atoms with Crippen molar-refractivity contribution in [2.24, 2.45) is 5.73 Å². The molecule has 0 bridgehead atoms. The first-order chi connectivity index (χ1) is 10.1. The maximum absolute atomic E-state index is 11.3. The molecule has 1 amide bonds. The number of hydrogen-bond acceptors (Lipinski definition) is 5. The third-order valence-electron chi connectivity index (χ3n) is 4.65. The standard InChI is InChI=1S/C15H24N4OS/c16-12-10-13(21-14(12)15(17)20)19-8-4-11(5-9-19)18-6-2-1-3-7-18/h10-11H,1-9,16H2,(H2,17,20). The number of carbonyl (C=O) groups excluding carboxylic acids is 1. The van der Waals surface area contributed by atoms with Gasteiger partial charge in [0, 0.05) is 19.1 Å². The Kier molecular flexibility index (Phi) is 4.35. The first-order valence-corrected chi connectivity index (χ1v) is 8.65. The van der Waals surface area contributed by atoms with E-state index in [0.29, 0.717) is 10.6 Å². The number of nitrogens with zero attached hydrogens (tertiary/aromatic N) is 2. The maximum Gasteiger partial charge on any atom is 0.260 e. The van der Waals surface area contributed by atoms with Crippen LogP contribution < -0.4 is 16.4 Å². The second kappa shape index (κ2) is 6.23. The molecule has 21 heavy (non-hydrogen) atoms. The zero-order valence-electron chi connectivity index (χ0n) is 12.4. The summed E-state index contributed by atoms with van der Waals surface area (Å²) >= 11 is 1.42. The molecule has 0 aliphatic carbocycles. The van der Waals surface area contributed by atoms with E-state index in [1.165, 1.54) is 56.5 Å². The molecule has 1 aromatic rings. The predicted molar refractivity (Wildman–Crippen MR) is 87.9 cm³/mol. The summed E-state index contributed by atoms with van der Waals surface area (Å²) < 4.78 is 0. The van der Waals surface area contributed by atoms with E-state index in [2.05, 4.69) is 9.80 Å². The lowest BCUT2D eigenvalue weighted by molar-refractivity contribution is 0.100. The number of anilines is 2. The van der Waals surface area contributed by atoms with Gasteiger partial charge in [-0.3, -0.25) is 4.79 Å². The highest BCUT2D eigenvalue weighted by Gasteiger charge is 2.26. The highest BCUT2D eigenvalue weighted by molar-refractivity contribution is 7.18. The smallest absolute Gasteiger partial charge is 0.260 e. The minimum atomic E-state index is -0.424. The highest BCUT2D eigenvalue weighted by Crippen LogP contribution is 2.34. The van der Waals surface area contributed by atoms with Gasteiger partial charge in [-0.1, -0.05) is 6.42 Å². The van der Waals surface area contributed by atoms with Crippen LogP contribution >= 0.6 is 11.3 Å². The van der Waals surface area contributed by atoms with Crippen molar-refractivity contribution < 1.29 is 4.79 Å². The summed E-state index contributed by atoms with van der Waals surface area (Å²) in [7, 11) is 0. The number of primary amides is 1. The molecule has 2 fully saturated rings. The molecular weight excluding hydrogens is 284 g/mol. The van der Waals surface area contributed by atoms with Gasteiger partial charge in [-0.2, -0.15) is 0 Å². The van der Waals surface area contributed by atoms with E-state index in [1.54, 1.807) is 0 Å². The molecule has 0 unspecified atom stereocenters. The lowest BCUT2D eigenvalue weighted by atomic mass is 10.00. The SMILES string of the molecule is NC(=O)c1sc(N2CCC(N3CCCCC3)CC2)cc1N. The molecule has 4 N–H and O–H groups in total. The number of thiophene rings is 1. The number of piperidine rings is 2. The summed E-state index contributed by atoms with van der Waals surface area (Å²) in [6.45, 7) is 4.61. The van der Waals surface area contributed by atoms with Crippen LogP contribution in [-0.2, 0) is 0 Å². The van der Waals surface area contributed by atoms with Crippen molar-refractivity contribution in [1.82, 2.24) is 4.90 Å². The molecule has 2 aliphatic heterocycles. The van der Waals surface area contributed by atoms with E-state index in [-0.39, 0.29) is 0 Å². The van der Waals surface area contributed by atoms with Crippen LogP contribution in [0.5, 0.6) is 0 Å². The van der Waals surface area contributed by atoms with Crippen LogP contribution in [0.1, 0.15) is 41.8 Å². The van der Waals surface area contributed by atoms with E-state index in [1.807, 2.05) is 6.07 Å². The molecule has 1 aromatic heterocycles. The normalized spacial score (nSPS) is 21.6. The molecule has 0 spiro atoms. The Balaban J connectivity index is 1.60. The van der Waals surface area contributed by atoms with Gasteiger partial charge in [0.1, 0.15) is 4.88 Å². The highest BCUT2D eigenvalue weighted by atomic mass is 32.1. The van der Waals surface area contributed by atoms with Gasteiger partial charge in [-0.25, -0.2) is 0 Å². The minimum Gasteiger partial charge on any atom is -0.397 e. The molecule has 0 saturated carbocycles. The lowest BCUT2D eigenvalue weighted by Crippen LogP contribution is -2.46. The minimum absolute atomic E-state index is 0.424. The molecule has 0 atom stereocenters. The van der Waals surface area contributed by atoms with Crippen LogP contribution in [0, 0.1) is 0 Å². The topological polar surface area (TPSA) is 75.6 Å². The van der Waals surface area contributed by atoms with Gasteiger partial charge in [-0.15, -0.1) is 11.3 Å². The van der Waals surface area contributed by atoms with Crippen molar-refractivity contribution in [3.63, 3.8) is 0 Å². The number of likely N-dealkylation sites (tertiary alicyclic amines) is 1. The Labute approximate surface area is 129 Å². The van der Waals surface area contributed by atoms with E-state index < -0.39 is 5.91 Å².